The summed E-state index contributed by atoms with van der Waals surface area (Å²) < 4.78 is 64.3. The second kappa shape index (κ2) is 7.19. The number of benzene rings is 1. The molecule has 0 amide bonds. The lowest BCUT2D eigenvalue weighted by atomic mass is 10.1. The maximum atomic E-state index is 13.4. The quantitative estimate of drug-likeness (QED) is 0.752. The van der Waals surface area contributed by atoms with E-state index in [1.165, 1.54) is 12.1 Å². The molecule has 0 aliphatic carbocycles. The standard InChI is InChI=1S/C18H18F5N3/c1-12(13-2-4-15(19)16(20)10-13)25-6-8-26(9-7-25)17-5-3-14(11-24-17)18(21,22)23/h2-5,10-12H,6-9H2,1H3. The first-order chi connectivity index (χ1) is 12.3. The Morgan fingerprint density at radius 3 is 2.19 bits per heavy atom. The van der Waals surface area contributed by atoms with Gasteiger partial charge in [0.25, 0.3) is 0 Å². The van der Waals surface area contributed by atoms with Gasteiger partial charge in [0, 0.05) is 38.4 Å². The van der Waals surface area contributed by atoms with Gasteiger partial charge >= 0.3 is 6.18 Å². The third-order valence-electron chi connectivity index (χ3n) is 4.69. The number of pyridine rings is 1. The van der Waals surface area contributed by atoms with Gasteiger partial charge in [0.2, 0.25) is 0 Å². The Balaban J connectivity index is 1.62. The summed E-state index contributed by atoms with van der Waals surface area (Å²) >= 11 is 0. The van der Waals surface area contributed by atoms with Crippen molar-refractivity contribution in [3.8, 4) is 0 Å². The minimum Gasteiger partial charge on any atom is -0.354 e. The molecule has 1 unspecified atom stereocenters. The lowest BCUT2D eigenvalue weighted by Gasteiger charge is -2.38. The van der Waals surface area contributed by atoms with Crippen LogP contribution in [0.3, 0.4) is 0 Å². The van der Waals surface area contributed by atoms with E-state index in [1.54, 1.807) is 6.07 Å². The zero-order valence-corrected chi connectivity index (χ0v) is 14.1. The Morgan fingerprint density at radius 1 is 0.962 bits per heavy atom. The lowest BCUT2D eigenvalue weighted by Crippen LogP contribution is -2.47. The van der Waals surface area contributed by atoms with Gasteiger partial charge in [-0.3, -0.25) is 4.90 Å². The van der Waals surface area contributed by atoms with Crippen molar-refractivity contribution in [2.45, 2.75) is 19.1 Å². The molecule has 1 saturated heterocycles. The third-order valence-corrected chi connectivity index (χ3v) is 4.69. The Kier molecular flexibility index (Phi) is 5.13. The van der Waals surface area contributed by atoms with Crippen LogP contribution >= 0.6 is 0 Å². The molecule has 1 atom stereocenters. The van der Waals surface area contributed by atoms with Crippen LogP contribution in [0.15, 0.2) is 36.5 Å². The number of hydrogen-bond acceptors (Lipinski definition) is 3. The van der Waals surface area contributed by atoms with Crippen LogP contribution in [0.1, 0.15) is 24.1 Å². The first-order valence-electron chi connectivity index (χ1n) is 8.23. The molecule has 2 heterocycles. The number of hydrogen-bond donors (Lipinski definition) is 0. The molecule has 8 heteroatoms. The first kappa shape index (κ1) is 18.6. The Hall–Kier alpha value is -2.22. The molecule has 1 fully saturated rings. The molecule has 3 nitrogen and oxygen atoms in total. The topological polar surface area (TPSA) is 19.4 Å². The van der Waals surface area contributed by atoms with Crippen molar-refractivity contribution in [3.05, 3.63) is 59.3 Å². The molecule has 0 N–H and O–H groups in total. The summed E-state index contributed by atoms with van der Waals surface area (Å²) in [6.45, 7) is 4.38. The van der Waals surface area contributed by atoms with Crippen LogP contribution in [0, 0.1) is 11.6 Å². The van der Waals surface area contributed by atoms with E-state index in [4.69, 9.17) is 0 Å². The summed E-state index contributed by atoms with van der Waals surface area (Å²) in [5.74, 6) is -1.25. The maximum Gasteiger partial charge on any atom is 0.417 e. The number of piperazine rings is 1. The van der Waals surface area contributed by atoms with Crippen molar-refractivity contribution in [3.63, 3.8) is 0 Å². The summed E-state index contributed by atoms with van der Waals surface area (Å²) in [6.07, 6.45) is -3.56. The molecule has 140 valence electrons. The summed E-state index contributed by atoms with van der Waals surface area (Å²) in [5, 5.41) is 0. The van der Waals surface area contributed by atoms with Gasteiger partial charge in [0.15, 0.2) is 11.6 Å². The fourth-order valence-electron chi connectivity index (χ4n) is 3.06. The zero-order chi connectivity index (χ0) is 18.9. The fourth-order valence-corrected chi connectivity index (χ4v) is 3.06. The van der Waals surface area contributed by atoms with Gasteiger partial charge < -0.3 is 4.90 Å². The highest BCUT2D eigenvalue weighted by Gasteiger charge is 2.31. The van der Waals surface area contributed by atoms with Crippen molar-refractivity contribution in [2.75, 3.05) is 31.1 Å². The lowest BCUT2D eigenvalue weighted by molar-refractivity contribution is -0.137. The van der Waals surface area contributed by atoms with Gasteiger partial charge in [-0.15, -0.1) is 0 Å². The SMILES string of the molecule is CC(c1ccc(F)c(F)c1)N1CCN(c2ccc(C(F)(F)F)cn2)CC1. The molecule has 0 bridgehead atoms. The molecule has 0 saturated carbocycles. The van der Waals surface area contributed by atoms with Gasteiger partial charge in [-0.1, -0.05) is 6.07 Å². The van der Waals surface area contributed by atoms with Crippen molar-refractivity contribution < 1.29 is 22.0 Å². The molecule has 26 heavy (non-hydrogen) atoms. The summed E-state index contributed by atoms with van der Waals surface area (Å²) in [5.41, 5.74) is -0.0863. The molecule has 3 rings (SSSR count). The smallest absolute Gasteiger partial charge is 0.354 e. The maximum absolute atomic E-state index is 13.4. The Bertz CT molecular complexity index is 752. The molecular weight excluding hydrogens is 353 g/mol. The summed E-state index contributed by atoms with van der Waals surface area (Å²) in [7, 11) is 0. The Morgan fingerprint density at radius 2 is 1.65 bits per heavy atom. The number of rotatable bonds is 3. The van der Waals surface area contributed by atoms with Crippen molar-refractivity contribution >= 4 is 5.82 Å². The fraction of sp³-hybridized carbons (Fsp3) is 0.389. The van der Waals surface area contributed by atoms with Gasteiger partial charge in [-0.25, -0.2) is 13.8 Å². The van der Waals surface area contributed by atoms with Crippen LogP contribution in [0.4, 0.5) is 27.8 Å². The predicted molar refractivity (Wildman–Crippen MR) is 87.8 cm³/mol. The van der Waals surface area contributed by atoms with E-state index in [9.17, 15) is 22.0 Å². The molecule has 1 aromatic carbocycles. The second-order valence-electron chi connectivity index (χ2n) is 6.28. The highest BCUT2D eigenvalue weighted by molar-refractivity contribution is 5.40. The number of nitrogens with zero attached hydrogens (tertiary/aromatic N) is 3. The first-order valence-corrected chi connectivity index (χ1v) is 8.23. The average Bonchev–Trinajstić information content (AvgIpc) is 2.63. The zero-order valence-electron chi connectivity index (χ0n) is 14.1. The molecule has 1 aliphatic heterocycles. The second-order valence-corrected chi connectivity index (χ2v) is 6.28. The van der Waals surface area contributed by atoms with Gasteiger partial charge in [0.05, 0.1) is 5.56 Å². The number of alkyl halides is 3. The van der Waals surface area contributed by atoms with E-state index < -0.39 is 23.4 Å². The number of halogens is 5. The van der Waals surface area contributed by atoms with E-state index in [0.29, 0.717) is 37.6 Å². The molecule has 1 aliphatic rings. The third kappa shape index (κ3) is 3.95. The molecule has 0 radical (unpaired) electrons. The van der Waals surface area contributed by atoms with Crippen LogP contribution in [0.5, 0.6) is 0 Å². The van der Waals surface area contributed by atoms with E-state index in [2.05, 4.69) is 9.88 Å². The average molecular weight is 371 g/mol. The number of anilines is 1. The van der Waals surface area contributed by atoms with Crippen LogP contribution in [-0.2, 0) is 6.18 Å². The number of aromatic nitrogens is 1. The van der Waals surface area contributed by atoms with Crippen molar-refractivity contribution in [2.24, 2.45) is 0 Å². The van der Waals surface area contributed by atoms with E-state index in [-0.39, 0.29) is 6.04 Å². The van der Waals surface area contributed by atoms with Gasteiger partial charge in [0.1, 0.15) is 5.82 Å². The monoisotopic (exact) mass is 371 g/mol. The Labute approximate surface area is 148 Å². The normalized spacial score (nSPS) is 17.4. The predicted octanol–water partition coefficient (Wildman–Crippen LogP) is 4.26. The van der Waals surface area contributed by atoms with Crippen molar-refractivity contribution in [1.29, 1.82) is 0 Å². The summed E-state index contributed by atoms with van der Waals surface area (Å²) in [6, 6.07) is 6.18. The largest absolute Gasteiger partial charge is 0.417 e. The molecule has 0 spiro atoms. The molecular formula is C18H18F5N3. The van der Waals surface area contributed by atoms with E-state index >= 15 is 0 Å². The van der Waals surface area contributed by atoms with E-state index in [0.717, 1.165) is 18.3 Å². The van der Waals surface area contributed by atoms with E-state index in [1.807, 2.05) is 11.8 Å². The van der Waals surface area contributed by atoms with Crippen LogP contribution in [0.25, 0.3) is 0 Å². The van der Waals surface area contributed by atoms with Crippen molar-refractivity contribution in [1.82, 2.24) is 9.88 Å². The minimum absolute atomic E-state index is 0.0900. The molecule has 2 aromatic rings. The molecule has 1 aromatic heterocycles. The minimum atomic E-state index is -4.40. The van der Waals surface area contributed by atoms with Gasteiger partial charge in [-0.2, -0.15) is 13.2 Å². The van der Waals surface area contributed by atoms with Crippen LogP contribution in [-0.4, -0.2) is 36.1 Å². The summed E-state index contributed by atoms with van der Waals surface area (Å²) in [4.78, 5) is 7.94. The highest BCUT2D eigenvalue weighted by atomic mass is 19.4. The van der Waals surface area contributed by atoms with Gasteiger partial charge in [-0.05, 0) is 36.8 Å². The van der Waals surface area contributed by atoms with Crippen LogP contribution < -0.4 is 4.90 Å². The van der Waals surface area contributed by atoms with Crippen LogP contribution in [0.2, 0.25) is 0 Å². The highest BCUT2D eigenvalue weighted by Crippen LogP contribution is 2.30.